The molecule has 2 amide bonds. The van der Waals surface area contributed by atoms with E-state index in [9.17, 15) is 19.5 Å². The van der Waals surface area contributed by atoms with E-state index in [-0.39, 0.29) is 23.8 Å². The Labute approximate surface area is 165 Å². The molecule has 0 aliphatic carbocycles. The average molecular weight is 382 g/mol. The summed E-state index contributed by atoms with van der Waals surface area (Å²) < 4.78 is 0. The Morgan fingerprint density at radius 2 is 1.68 bits per heavy atom. The van der Waals surface area contributed by atoms with E-state index in [0.717, 1.165) is 18.4 Å². The van der Waals surface area contributed by atoms with Crippen molar-refractivity contribution >= 4 is 17.8 Å². The SMILES string of the molecule is CCCCNC(=O)c1ccc(CNC(=O)CCc2ccccc2C(=O)O)cc1. The van der Waals surface area contributed by atoms with Gasteiger partial charge in [0, 0.05) is 25.1 Å². The van der Waals surface area contributed by atoms with Gasteiger partial charge in [-0.1, -0.05) is 43.7 Å². The highest BCUT2D eigenvalue weighted by Gasteiger charge is 2.11. The van der Waals surface area contributed by atoms with Crippen molar-refractivity contribution in [2.45, 2.75) is 39.2 Å². The van der Waals surface area contributed by atoms with Gasteiger partial charge in [0.15, 0.2) is 0 Å². The summed E-state index contributed by atoms with van der Waals surface area (Å²) in [6.07, 6.45) is 2.56. The van der Waals surface area contributed by atoms with Crippen LogP contribution < -0.4 is 10.6 Å². The van der Waals surface area contributed by atoms with Gasteiger partial charge < -0.3 is 15.7 Å². The topological polar surface area (TPSA) is 95.5 Å². The van der Waals surface area contributed by atoms with Crippen LogP contribution in [0.5, 0.6) is 0 Å². The molecule has 2 rings (SSSR count). The lowest BCUT2D eigenvalue weighted by Gasteiger charge is -2.08. The van der Waals surface area contributed by atoms with E-state index in [1.807, 2.05) is 12.1 Å². The molecule has 2 aromatic rings. The predicted octanol–water partition coefficient (Wildman–Crippen LogP) is 3.16. The van der Waals surface area contributed by atoms with E-state index in [2.05, 4.69) is 17.6 Å². The van der Waals surface area contributed by atoms with Crippen molar-refractivity contribution < 1.29 is 19.5 Å². The number of aryl methyl sites for hydroxylation is 1. The van der Waals surface area contributed by atoms with Gasteiger partial charge in [-0.25, -0.2) is 4.79 Å². The molecule has 28 heavy (non-hydrogen) atoms. The van der Waals surface area contributed by atoms with Gasteiger partial charge in [0.1, 0.15) is 0 Å². The Morgan fingerprint density at radius 1 is 0.964 bits per heavy atom. The third-order valence-corrected chi connectivity index (χ3v) is 4.39. The van der Waals surface area contributed by atoms with Crippen LogP contribution in [0.1, 0.15) is 58.0 Å². The number of hydrogen-bond donors (Lipinski definition) is 3. The zero-order valence-corrected chi connectivity index (χ0v) is 16.0. The first-order valence-corrected chi connectivity index (χ1v) is 9.46. The number of carboxylic acids is 1. The maximum Gasteiger partial charge on any atom is 0.335 e. The van der Waals surface area contributed by atoms with Gasteiger partial charge in [-0.2, -0.15) is 0 Å². The van der Waals surface area contributed by atoms with Gasteiger partial charge in [-0.3, -0.25) is 9.59 Å². The second-order valence-electron chi connectivity index (χ2n) is 6.55. The molecule has 0 aliphatic heterocycles. The molecule has 3 N–H and O–H groups in total. The van der Waals surface area contributed by atoms with E-state index in [1.165, 1.54) is 6.07 Å². The van der Waals surface area contributed by atoms with Crippen LogP contribution in [0.3, 0.4) is 0 Å². The summed E-state index contributed by atoms with van der Waals surface area (Å²) in [7, 11) is 0. The number of carboxylic acid groups (broad SMARTS) is 1. The molecule has 148 valence electrons. The first kappa shape index (κ1) is 21.2. The number of carbonyl (C=O) groups excluding carboxylic acids is 2. The van der Waals surface area contributed by atoms with Gasteiger partial charge in [0.2, 0.25) is 5.91 Å². The number of hydrogen-bond acceptors (Lipinski definition) is 3. The minimum Gasteiger partial charge on any atom is -0.478 e. The van der Waals surface area contributed by atoms with Gasteiger partial charge in [0.25, 0.3) is 5.91 Å². The zero-order chi connectivity index (χ0) is 20.4. The molecule has 6 heteroatoms. The molecule has 6 nitrogen and oxygen atoms in total. The molecular weight excluding hydrogens is 356 g/mol. The molecule has 0 saturated carbocycles. The molecule has 0 atom stereocenters. The molecule has 0 fully saturated rings. The van der Waals surface area contributed by atoms with E-state index in [1.54, 1.807) is 30.3 Å². The fourth-order valence-corrected chi connectivity index (χ4v) is 2.74. The molecule has 0 aromatic heterocycles. The fraction of sp³-hybridized carbons (Fsp3) is 0.318. The normalized spacial score (nSPS) is 10.3. The number of unbranched alkanes of at least 4 members (excludes halogenated alkanes) is 1. The number of aromatic carboxylic acids is 1. The maximum absolute atomic E-state index is 12.1. The van der Waals surface area contributed by atoms with Gasteiger partial charge in [0.05, 0.1) is 5.56 Å². The number of nitrogens with one attached hydrogen (secondary N) is 2. The quantitative estimate of drug-likeness (QED) is 0.550. The second-order valence-corrected chi connectivity index (χ2v) is 6.55. The van der Waals surface area contributed by atoms with Crippen LogP contribution in [0.15, 0.2) is 48.5 Å². The smallest absolute Gasteiger partial charge is 0.335 e. The first-order chi connectivity index (χ1) is 13.5. The molecule has 0 bridgehead atoms. The van der Waals surface area contributed by atoms with Crippen molar-refractivity contribution in [2.24, 2.45) is 0 Å². The lowest BCUT2D eigenvalue weighted by molar-refractivity contribution is -0.121. The Kier molecular flexibility index (Phi) is 8.21. The Balaban J connectivity index is 1.80. The molecule has 0 spiro atoms. The van der Waals surface area contributed by atoms with Crippen LogP contribution in [0.2, 0.25) is 0 Å². The van der Waals surface area contributed by atoms with Crippen molar-refractivity contribution in [3.05, 3.63) is 70.8 Å². The van der Waals surface area contributed by atoms with Crippen LogP contribution in [-0.4, -0.2) is 29.4 Å². The summed E-state index contributed by atoms with van der Waals surface area (Å²) in [6, 6.07) is 13.8. The number of rotatable bonds is 10. The monoisotopic (exact) mass is 382 g/mol. The number of carbonyl (C=O) groups is 3. The largest absolute Gasteiger partial charge is 0.478 e. The van der Waals surface area contributed by atoms with Crippen LogP contribution in [0.25, 0.3) is 0 Å². The second kappa shape index (κ2) is 10.9. The van der Waals surface area contributed by atoms with Crippen LogP contribution >= 0.6 is 0 Å². The van der Waals surface area contributed by atoms with Crippen molar-refractivity contribution in [1.29, 1.82) is 0 Å². The Hall–Kier alpha value is -3.15. The summed E-state index contributed by atoms with van der Waals surface area (Å²) in [4.78, 5) is 35.2. The molecule has 2 aromatic carbocycles. The molecular formula is C22H26N2O4. The summed E-state index contributed by atoms with van der Waals surface area (Å²) in [5.41, 5.74) is 2.35. The average Bonchev–Trinajstić information content (AvgIpc) is 2.71. The zero-order valence-electron chi connectivity index (χ0n) is 16.0. The Bertz CT molecular complexity index is 816. The van der Waals surface area contributed by atoms with Gasteiger partial charge in [-0.05, 0) is 42.2 Å². The van der Waals surface area contributed by atoms with Crippen molar-refractivity contribution in [2.75, 3.05) is 6.54 Å². The van der Waals surface area contributed by atoms with Crippen molar-refractivity contribution in [1.82, 2.24) is 10.6 Å². The molecule has 0 heterocycles. The standard InChI is InChI=1S/C22H26N2O4/c1-2-3-14-23-21(26)18-10-8-16(9-11-18)15-24-20(25)13-12-17-6-4-5-7-19(17)22(27)28/h4-11H,2-3,12-15H2,1H3,(H,23,26)(H,24,25)(H,27,28). The predicted molar refractivity (Wildman–Crippen MR) is 107 cm³/mol. The highest BCUT2D eigenvalue weighted by atomic mass is 16.4. The highest BCUT2D eigenvalue weighted by Crippen LogP contribution is 2.11. The summed E-state index contributed by atoms with van der Waals surface area (Å²) in [5.74, 6) is -1.24. The third kappa shape index (κ3) is 6.54. The molecule has 0 radical (unpaired) electrons. The van der Waals surface area contributed by atoms with Crippen molar-refractivity contribution in [3.63, 3.8) is 0 Å². The van der Waals surface area contributed by atoms with Crippen LogP contribution in [-0.2, 0) is 17.8 Å². The maximum atomic E-state index is 12.1. The number of amides is 2. The van der Waals surface area contributed by atoms with Crippen LogP contribution in [0.4, 0.5) is 0 Å². The highest BCUT2D eigenvalue weighted by molar-refractivity contribution is 5.94. The lowest BCUT2D eigenvalue weighted by Crippen LogP contribution is -2.25. The fourth-order valence-electron chi connectivity index (χ4n) is 2.74. The summed E-state index contributed by atoms with van der Waals surface area (Å²) >= 11 is 0. The van der Waals surface area contributed by atoms with Crippen LogP contribution in [0, 0.1) is 0 Å². The number of benzene rings is 2. The van der Waals surface area contributed by atoms with E-state index in [0.29, 0.717) is 30.6 Å². The first-order valence-electron chi connectivity index (χ1n) is 9.46. The minimum atomic E-state index is -0.991. The lowest BCUT2D eigenvalue weighted by atomic mass is 10.0. The van der Waals surface area contributed by atoms with Gasteiger partial charge >= 0.3 is 5.97 Å². The third-order valence-electron chi connectivity index (χ3n) is 4.39. The van der Waals surface area contributed by atoms with Gasteiger partial charge in [-0.15, -0.1) is 0 Å². The molecule has 0 unspecified atom stereocenters. The summed E-state index contributed by atoms with van der Waals surface area (Å²) in [6.45, 7) is 3.09. The molecule has 0 saturated heterocycles. The Morgan fingerprint density at radius 3 is 2.36 bits per heavy atom. The van der Waals surface area contributed by atoms with E-state index >= 15 is 0 Å². The van der Waals surface area contributed by atoms with Crippen molar-refractivity contribution in [3.8, 4) is 0 Å². The minimum absolute atomic E-state index is 0.0962. The van der Waals surface area contributed by atoms with E-state index in [4.69, 9.17) is 0 Å². The molecule has 0 aliphatic rings. The summed E-state index contributed by atoms with van der Waals surface area (Å²) in [5, 5.41) is 14.9. The van der Waals surface area contributed by atoms with E-state index < -0.39 is 5.97 Å².